The van der Waals surface area contributed by atoms with Crippen molar-refractivity contribution in [1.82, 2.24) is 24.6 Å². The highest BCUT2D eigenvalue weighted by Gasteiger charge is 2.27. The molecule has 226 valence electrons. The van der Waals surface area contributed by atoms with Gasteiger partial charge in [-0.15, -0.1) is 11.3 Å². The lowest BCUT2D eigenvalue weighted by molar-refractivity contribution is -0.122. The highest BCUT2D eigenvalue weighted by molar-refractivity contribution is 7.13. The number of likely N-dealkylation sites (tertiary alicyclic amines) is 1. The van der Waals surface area contributed by atoms with E-state index in [-0.39, 0.29) is 17.5 Å². The molecule has 1 aliphatic carbocycles. The van der Waals surface area contributed by atoms with E-state index < -0.39 is 0 Å². The van der Waals surface area contributed by atoms with Gasteiger partial charge in [-0.05, 0) is 106 Å². The average molecular weight is 612 g/mol. The quantitative estimate of drug-likeness (QED) is 0.199. The van der Waals surface area contributed by atoms with E-state index in [2.05, 4.69) is 26.9 Å². The number of carbonyl (C=O) groups is 1. The Morgan fingerprint density at radius 1 is 0.977 bits per heavy atom. The molecule has 4 heterocycles. The van der Waals surface area contributed by atoms with Crippen molar-refractivity contribution in [1.29, 1.82) is 0 Å². The molecular formula is C35H35F2N5OS. The van der Waals surface area contributed by atoms with Gasteiger partial charge in [-0.1, -0.05) is 19.1 Å². The maximum absolute atomic E-state index is 16.3. The minimum absolute atomic E-state index is 0.133. The number of amides is 1. The molecule has 2 fully saturated rings. The molecule has 9 heteroatoms. The van der Waals surface area contributed by atoms with E-state index in [0.717, 1.165) is 77.6 Å². The number of rotatable bonds is 8. The van der Waals surface area contributed by atoms with Crippen molar-refractivity contribution < 1.29 is 13.6 Å². The van der Waals surface area contributed by atoms with Gasteiger partial charge in [0.1, 0.15) is 22.3 Å². The first-order valence-electron chi connectivity index (χ1n) is 15.4. The third-order valence-electron chi connectivity index (χ3n) is 8.93. The summed E-state index contributed by atoms with van der Waals surface area (Å²) < 4.78 is 31.7. The second kappa shape index (κ2) is 11.9. The van der Waals surface area contributed by atoms with Crippen LogP contribution in [0.25, 0.3) is 38.7 Å². The fourth-order valence-electron chi connectivity index (χ4n) is 6.26. The number of fused-ring (bicyclic) bond motifs is 1. The van der Waals surface area contributed by atoms with Crippen molar-refractivity contribution >= 4 is 22.9 Å². The molecule has 7 rings (SSSR count). The summed E-state index contributed by atoms with van der Waals surface area (Å²) in [6.45, 7) is 6.08. The van der Waals surface area contributed by atoms with Crippen molar-refractivity contribution in [2.45, 2.75) is 57.9 Å². The number of nitrogens with zero attached hydrogens (tertiary/aromatic N) is 4. The smallest absolute Gasteiger partial charge is 0.234 e. The van der Waals surface area contributed by atoms with Crippen LogP contribution in [0.4, 0.5) is 8.78 Å². The fourth-order valence-corrected chi connectivity index (χ4v) is 7.17. The third kappa shape index (κ3) is 5.66. The lowest BCUT2D eigenvalue weighted by Gasteiger charge is -2.31. The number of benzene rings is 2. The number of pyridine rings is 1. The van der Waals surface area contributed by atoms with E-state index in [9.17, 15) is 9.18 Å². The van der Waals surface area contributed by atoms with Crippen LogP contribution in [0.5, 0.6) is 0 Å². The van der Waals surface area contributed by atoms with Crippen LogP contribution in [0.3, 0.4) is 0 Å². The summed E-state index contributed by atoms with van der Waals surface area (Å²) in [5, 5.41) is 5.73. The second-order valence-electron chi connectivity index (χ2n) is 12.0. The Labute approximate surface area is 259 Å². The zero-order valence-corrected chi connectivity index (χ0v) is 25.8. The van der Waals surface area contributed by atoms with Crippen molar-refractivity contribution in [2.75, 3.05) is 19.6 Å². The van der Waals surface area contributed by atoms with Gasteiger partial charge in [-0.3, -0.25) is 14.1 Å². The lowest BCUT2D eigenvalue weighted by atomic mass is 9.90. The second-order valence-corrected chi connectivity index (χ2v) is 12.8. The Bertz CT molecular complexity index is 1830. The Balaban J connectivity index is 1.15. The molecule has 2 aromatic carbocycles. The van der Waals surface area contributed by atoms with Crippen molar-refractivity contribution in [3.8, 4) is 33.1 Å². The molecule has 0 spiro atoms. The van der Waals surface area contributed by atoms with Crippen LogP contribution in [0.1, 0.15) is 55.3 Å². The standard InChI is InChI=1S/C35H35F2N5OS/c1-3-29-34(28-12-11-27(21(2)33(28)37)35-40-30(20-44-35)23-4-7-25(36)8-5-23)42-18-24(6-13-31(42)39-29)22-14-16-41(17-15-22)19-32(43)38-26-9-10-26/h4-8,11-13,18,20,22,26H,3,9-10,14-17,19H2,1-2H3,(H,38,43). The molecule has 1 amide bonds. The van der Waals surface area contributed by atoms with Crippen LogP contribution < -0.4 is 5.32 Å². The zero-order chi connectivity index (χ0) is 30.4. The van der Waals surface area contributed by atoms with Gasteiger partial charge >= 0.3 is 0 Å². The normalized spacial score (nSPS) is 16.1. The minimum Gasteiger partial charge on any atom is -0.352 e. The van der Waals surface area contributed by atoms with Gasteiger partial charge in [0.2, 0.25) is 5.91 Å². The number of hydrogen-bond donors (Lipinski definition) is 1. The molecule has 1 aliphatic heterocycles. The summed E-state index contributed by atoms with van der Waals surface area (Å²) in [5.41, 5.74) is 7.04. The van der Waals surface area contributed by atoms with E-state index in [1.54, 1.807) is 19.1 Å². The van der Waals surface area contributed by atoms with Gasteiger partial charge in [0.25, 0.3) is 0 Å². The molecule has 3 aromatic heterocycles. The van der Waals surface area contributed by atoms with Gasteiger partial charge in [0, 0.05) is 34.3 Å². The van der Waals surface area contributed by atoms with Crippen LogP contribution in [0, 0.1) is 18.6 Å². The van der Waals surface area contributed by atoms with Crippen LogP contribution in [-0.4, -0.2) is 50.9 Å². The van der Waals surface area contributed by atoms with E-state index >= 15 is 4.39 Å². The molecule has 0 atom stereocenters. The number of halogens is 2. The van der Waals surface area contributed by atoms with E-state index in [1.807, 2.05) is 30.5 Å². The van der Waals surface area contributed by atoms with Crippen molar-refractivity contribution in [3.63, 3.8) is 0 Å². The van der Waals surface area contributed by atoms with Crippen LogP contribution in [0.15, 0.2) is 60.1 Å². The maximum atomic E-state index is 16.3. The minimum atomic E-state index is -0.293. The first-order valence-corrected chi connectivity index (χ1v) is 16.3. The average Bonchev–Trinajstić information content (AvgIpc) is 3.57. The number of nitrogens with one attached hydrogen (secondary N) is 1. The first kappa shape index (κ1) is 28.8. The predicted octanol–water partition coefficient (Wildman–Crippen LogP) is 7.40. The van der Waals surface area contributed by atoms with Crippen LogP contribution in [0.2, 0.25) is 0 Å². The molecule has 1 saturated heterocycles. The largest absolute Gasteiger partial charge is 0.352 e. The Morgan fingerprint density at radius 2 is 1.73 bits per heavy atom. The molecule has 6 nitrogen and oxygen atoms in total. The fraction of sp³-hybridized carbons (Fsp3) is 0.343. The molecule has 44 heavy (non-hydrogen) atoms. The van der Waals surface area contributed by atoms with Gasteiger partial charge < -0.3 is 5.32 Å². The number of hydrogen-bond acceptors (Lipinski definition) is 5. The molecule has 0 unspecified atom stereocenters. The number of thiazole rings is 1. The van der Waals surface area contributed by atoms with Gasteiger partial charge in [-0.2, -0.15) is 0 Å². The van der Waals surface area contributed by atoms with Crippen LogP contribution in [-0.2, 0) is 11.2 Å². The number of imidazole rings is 1. The SMILES string of the molecule is CCc1nc2ccc(C3CCN(CC(=O)NC4CC4)CC3)cn2c1-c1ccc(-c2nc(-c3ccc(F)cc3)cs2)c(C)c1F. The molecule has 5 aromatic rings. The van der Waals surface area contributed by atoms with Gasteiger partial charge in [0.05, 0.1) is 23.6 Å². The number of piperidine rings is 1. The molecule has 0 radical (unpaired) electrons. The summed E-state index contributed by atoms with van der Waals surface area (Å²) in [6, 6.07) is 14.6. The highest BCUT2D eigenvalue weighted by Crippen LogP contribution is 2.37. The molecular weight excluding hydrogens is 576 g/mol. The Kier molecular flexibility index (Phi) is 7.76. The molecule has 1 saturated carbocycles. The maximum Gasteiger partial charge on any atom is 0.234 e. The van der Waals surface area contributed by atoms with Gasteiger partial charge in [0.15, 0.2) is 0 Å². The summed E-state index contributed by atoms with van der Waals surface area (Å²) in [4.78, 5) is 24.1. The molecule has 0 bridgehead atoms. The van der Waals surface area contributed by atoms with E-state index in [4.69, 9.17) is 9.97 Å². The van der Waals surface area contributed by atoms with Crippen molar-refractivity contribution in [3.05, 3.63) is 88.6 Å². The topological polar surface area (TPSA) is 62.5 Å². The summed E-state index contributed by atoms with van der Waals surface area (Å²) in [5.74, 6) is -0.0645. The number of carbonyl (C=O) groups excluding carboxylic acids is 1. The number of aromatic nitrogens is 3. The van der Waals surface area contributed by atoms with Crippen molar-refractivity contribution in [2.24, 2.45) is 0 Å². The first-order chi connectivity index (χ1) is 21.4. The number of aryl methyl sites for hydroxylation is 1. The Hall–Kier alpha value is -3.95. The monoisotopic (exact) mass is 611 g/mol. The lowest BCUT2D eigenvalue weighted by Crippen LogP contribution is -2.41. The molecule has 2 aliphatic rings. The summed E-state index contributed by atoms with van der Waals surface area (Å²) >= 11 is 1.45. The summed E-state index contributed by atoms with van der Waals surface area (Å²) in [7, 11) is 0. The third-order valence-corrected chi connectivity index (χ3v) is 9.81. The Morgan fingerprint density at radius 3 is 2.45 bits per heavy atom. The van der Waals surface area contributed by atoms with Gasteiger partial charge in [-0.25, -0.2) is 18.7 Å². The van der Waals surface area contributed by atoms with E-state index in [0.29, 0.717) is 36.1 Å². The van der Waals surface area contributed by atoms with Crippen LogP contribution >= 0.6 is 11.3 Å². The zero-order valence-electron chi connectivity index (χ0n) is 24.9. The molecule has 1 N–H and O–H groups in total. The summed E-state index contributed by atoms with van der Waals surface area (Å²) in [6.07, 6.45) is 6.97. The highest BCUT2D eigenvalue weighted by atomic mass is 32.1. The predicted molar refractivity (Wildman–Crippen MR) is 171 cm³/mol. The van der Waals surface area contributed by atoms with E-state index in [1.165, 1.54) is 29.0 Å².